The second-order valence-corrected chi connectivity index (χ2v) is 5.25. The van der Waals surface area contributed by atoms with Crippen LogP contribution < -0.4 is 0 Å². The van der Waals surface area contributed by atoms with Gasteiger partial charge in [0.2, 0.25) is 0 Å². The van der Waals surface area contributed by atoms with Crippen molar-refractivity contribution in [1.82, 2.24) is 0 Å². The number of hydrogen-bond acceptors (Lipinski definition) is 0. The Morgan fingerprint density at radius 3 is 2.56 bits per heavy atom. The molecule has 0 aliphatic heterocycles. The molecule has 0 heterocycles. The standard InChI is InChI=1S/C16H18/c1-11(2)14-10-9-13-6-3-5-12-7-4-8-15(14)16(12)13/h3-8,11,14H,9-10H2,1-2H3. The van der Waals surface area contributed by atoms with Crippen LogP contribution in [0.15, 0.2) is 36.4 Å². The molecule has 1 unspecified atom stereocenters. The van der Waals surface area contributed by atoms with Gasteiger partial charge in [-0.15, -0.1) is 0 Å². The van der Waals surface area contributed by atoms with E-state index in [-0.39, 0.29) is 0 Å². The van der Waals surface area contributed by atoms with E-state index in [2.05, 4.69) is 50.2 Å². The maximum Gasteiger partial charge on any atom is -0.0117 e. The predicted molar refractivity (Wildman–Crippen MR) is 69.8 cm³/mol. The van der Waals surface area contributed by atoms with Gasteiger partial charge in [0.25, 0.3) is 0 Å². The van der Waals surface area contributed by atoms with Gasteiger partial charge in [0.05, 0.1) is 0 Å². The fourth-order valence-corrected chi connectivity index (χ4v) is 3.13. The van der Waals surface area contributed by atoms with Crippen molar-refractivity contribution in [2.75, 3.05) is 0 Å². The van der Waals surface area contributed by atoms with E-state index in [4.69, 9.17) is 0 Å². The van der Waals surface area contributed by atoms with Gasteiger partial charge in [-0.25, -0.2) is 0 Å². The van der Waals surface area contributed by atoms with Gasteiger partial charge in [-0.3, -0.25) is 0 Å². The van der Waals surface area contributed by atoms with Crippen molar-refractivity contribution in [3.05, 3.63) is 47.5 Å². The predicted octanol–water partition coefficient (Wildman–Crippen LogP) is 4.53. The Labute approximate surface area is 97.3 Å². The molecule has 0 heteroatoms. The zero-order chi connectivity index (χ0) is 11.1. The summed E-state index contributed by atoms with van der Waals surface area (Å²) in [5, 5.41) is 2.95. The maximum absolute atomic E-state index is 2.34. The second kappa shape index (κ2) is 3.62. The van der Waals surface area contributed by atoms with Gasteiger partial charge in [-0.1, -0.05) is 50.2 Å². The fourth-order valence-electron chi connectivity index (χ4n) is 3.13. The minimum absolute atomic E-state index is 0.749. The molecule has 0 amide bonds. The number of rotatable bonds is 1. The second-order valence-electron chi connectivity index (χ2n) is 5.25. The van der Waals surface area contributed by atoms with Crippen LogP contribution >= 0.6 is 0 Å². The van der Waals surface area contributed by atoms with Gasteiger partial charge in [0.15, 0.2) is 0 Å². The molecule has 0 bridgehead atoms. The third kappa shape index (κ3) is 1.36. The molecule has 0 radical (unpaired) electrons. The van der Waals surface area contributed by atoms with Crippen molar-refractivity contribution in [3.8, 4) is 0 Å². The van der Waals surface area contributed by atoms with Gasteiger partial charge < -0.3 is 0 Å². The lowest BCUT2D eigenvalue weighted by atomic mass is 9.76. The van der Waals surface area contributed by atoms with E-state index in [1.54, 1.807) is 11.1 Å². The summed E-state index contributed by atoms with van der Waals surface area (Å²) in [4.78, 5) is 0. The van der Waals surface area contributed by atoms with Crippen LogP contribution in [0.5, 0.6) is 0 Å². The molecule has 0 spiro atoms. The lowest BCUT2D eigenvalue weighted by molar-refractivity contribution is 0.464. The minimum Gasteiger partial charge on any atom is -0.0622 e. The Morgan fingerprint density at radius 1 is 1.06 bits per heavy atom. The maximum atomic E-state index is 2.34. The van der Waals surface area contributed by atoms with Gasteiger partial charge in [0.1, 0.15) is 0 Å². The van der Waals surface area contributed by atoms with Crippen LogP contribution in [0.3, 0.4) is 0 Å². The van der Waals surface area contributed by atoms with E-state index in [0.717, 1.165) is 11.8 Å². The highest BCUT2D eigenvalue weighted by Gasteiger charge is 2.23. The molecule has 1 aliphatic rings. The molecule has 0 saturated heterocycles. The van der Waals surface area contributed by atoms with Gasteiger partial charge in [-0.2, -0.15) is 0 Å². The third-order valence-electron chi connectivity index (χ3n) is 3.95. The molecule has 1 atom stereocenters. The first-order valence-electron chi connectivity index (χ1n) is 6.28. The first kappa shape index (κ1) is 9.89. The smallest absolute Gasteiger partial charge is 0.0117 e. The molecule has 0 aromatic heterocycles. The van der Waals surface area contributed by atoms with Gasteiger partial charge in [-0.05, 0) is 46.6 Å². The highest BCUT2D eigenvalue weighted by atomic mass is 14.3. The summed E-state index contributed by atoms with van der Waals surface area (Å²) < 4.78 is 0. The number of benzene rings is 2. The summed E-state index contributed by atoms with van der Waals surface area (Å²) in [5.41, 5.74) is 3.12. The topological polar surface area (TPSA) is 0 Å². The molecule has 1 aliphatic carbocycles. The molecular weight excluding hydrogens is 192 g/mol. The lowest BCUT2D eigenvalue weighted by Gasteiger charge is -2.28. The fraction of sp³-hybridized carbons (Fsp3) is 0.375. The number of aryl methyl sites for hydroxylation is 1. The molecule has 2 aromatic carbocycles. The zero-order valence-electron chi connectivity index (χ0n) is 10.0. The van der Waals surface area contributed by atoms with Crippen molar-refractivity contribution < 1.29 is 0 Å². The van der Waals surface area contributed by atoms with Crippen molar-refractivity contribution in [2.24, 2.45) is 5.92 Å². The number of hydrogen-bond donors (Lipinski definition) is 0. The van der Waals surface area contributed by atoms with Crippen LogP contribution in [-0.2, 0) is 6.42 Å². The largest absolute Gasteiger partial charge is 0.0622 e. The SMILES string of the molecule is CC(C)C1CCc2cccc3cccc1c23. The monoisotopic (exact) mass is 210 g/mol. The van der Waals surface area contributed by atoms with E-state index in [1.165, 1.54) is 23.6 Å². The summed E-state index contributed by atoms with van der Waals surface area (Å²) >= 11 is 0. The highest BCUT2D eigenvalue weighted by Crippen LogP contribution is 2.40. The normalized spacial score (nSPS) is 19.3. The minimum atomic E-state index is 0.749. The Morgan fingerprint density at radius 2 is 1.81 bits per heavy atom. The molecular formula is C16H18. The van der Waals surface area contributed by atoms with Gasteiger partial charge >= 0.3 is 0 Å². The van der Waals surface area contributed by atoms with Crippen molar-refractivity contribution in [2.45, 2.75) is 32.6 Å². The third-order valence-corrected chi connectivity index (χ3v) is 3.95. The summed E-state index contributed by atoms with van der Waals surface area (Å²) in [6.07, 6.45) is 2.56. The van der Waals surface area contributed by atoms with E-state index in [0.29, 0.717) is 0 Å². The van der Waals surface area contributed by atoms with Crippen LogP contribution in [0.25, 0.3) is 10.8 Å². The molecule has 0 N–H and O–H groups in total. The van der Waals surface area contributed by atoms with Crippen molar-refractivity contribution in [1.29, 1.82) is 0 Å². The molecule has 2 aromatic rings. The van der Waals surface area contributed by atoms with Crippen molar-refractivity contribution >= 4 is 10.8 Å². The average Bonchev–Trinajstić information content (AvgIpc) is 2.30. The summed E-state index contributed by atoms with van der Waals surface area (Å²) in [6, 6.07) is 13.5. The molecule has 0 saturated carbocycles. The van der Waals surface area contributed by atoms with Gasteiger partial charge in [0, 0.05) is 0 Å². The first-order valence-corrected chi connectivity index (χ1v) is 6.28. The molecule has 0 nitrogen and oxygen atoms in total. The Bertz CT molecular complexity index is 517. The summed E-state index contributed by atoms with van der Waals surface area (Å²) in [7, 11) is 0. The highest BCUT2D eigenvalue weighted by molar-refractivity contribution is 5.90. The van der Waals surface area contributed by atoms with E-state index < -0.39 is 0 Å². The Kier molecular flexibility index (Phi) is 2.24. The average molecular weight is 210 g/mol. The molecule has 16 heavy (non-hydrogen) atoms. The summed E-state index contributed by atoms with van der Waals surface area (Å²) in [5.74, 6) is 1.50. The van der Waals surface area contributed by atoms with Crippen molar-refractivity contribution in [3.63, 3.8) is 0 Å². The first-order chi connectivity index (χ1) is 7.77. The Balaban J connectivity index is 2.31. The summed E-state index contributed by atoms with van der Waals surface area (Å²) in [6.45, 7) is 4.69. The van der Waals surface area contributed by atoms with Crippen LogP contribution in [0.1, 0.15) is 37.3 Å². The molecule has 82 valence electrons. The van der Waals surface area contributed by atoms with Crippen LogP contribution in [-0.4, -0.2) is 0 Å². The van der Waals surface area contributed by atoms with Crippen LogP contribution in [0, 0.1) is 5.92 Å². The Hall–Kier alpha value is -1.30. The lowest BCUT2D eigenvalue weighted by Crippen LogP contribution is -2.13. The van der Waals surface area contributed by atoms with Crippen LogP contribution in [0.4, 0.5) is 0 Å². The molecule has 3 rings (SSSR count). The molecule has 0 fully saturated rings. The van der Waals surface area contributed by atoms with E-state index >= 15 is 0 Å². The van der Waals surface area contributed by atoms with Crippen LogP contribution in [0.2, 0.25) is 0 Å². The zero-order valence-corrected chi connectivity index (χ0v) is 10.0. The quantitative estimate of drug-likeness (QED) is 0.649. The van der Waals surface area contributed by atoms with E-state index in [9.17, 15) is 0 Å². The van der Waals surface area contributed by atoms with E-state index in [1.807, 2.05) is 0 Å².